The van der Waals surface area contributed by atoms with Crippen molar-refractivity contribution in [2.24, 2.45) is 0 Å². The normalized spacial score (nSPS) is 13.3. The van der Waals surface area contributed by atoms with Gasteiger partial charge >= 0.3 is 5.97 Å². The van der Waals surface area contributed by atoms with Crippen molar-refractivity contribution in [3.05, 3.63) is 0 Å². The Balaban J connectivity index is 4.15. The van der Waals surface area contributed by atoms with E-state index in [0.717, 1.165) is 0 Å². The molecule has 0 spiro atoms. The number of rotatable bonds is 6. The fraction of sp³-hybridized carbons (Fsp3) is 0.875. The lowest BCUT2D eigenvalue weighted by atomic mass is 10.2. The summed E-state index contributed by atoms with van der Waals surface area (Å²) >= 11 is 0. The highest BCUT2D eigenvalue weighted by atomic mass is 16.4. The molecule has 0 aromatic heterocycles. The summed E-state index contributed by atoms with van der Waals surface area (Å²) in [6.07, 6.45) is 0.303. The first kappa shape index (κ1) is 11.4. The minimum Gasteiger partial charge on any atom is -0.480 e. The second kappa shape index (κ2) is 5.97. The molecule has 72 valence electrons. The second-order valence-electron chi connectivity index (χ2n) is 2.59. The molecule has 4 nitrogen and oxygen atoms in total. The molecule has 0 aliphatic rings. The number of hydrogen-bond donors (Lipinski definition) is 2. The lowest BCUT2D eigenvalue weighted by Crippen LogP contribution is -2.41. The van der Waals surface area contributed by atoms with E-state index in [4.69, 9.17) is 10.2 Å². The van der Waals surface area contributed by atoms with Crippen LogP contribution in [-0.4, -0.2) is 46.8 Å². The zero-order valence-electron chi connectivity index (χ0n) is 7.66. The van der Waals surface area contributed by atoms with Gasteiger partial charge in [0.15, 0.2) is 0 Å². The van der Waals surface area contributed by atoms with Gasteiger partial charge in [-0.25, -0.2) is 0 Å². The topological polar surface area (TPSA) is 60.8 Å². The summed E-state index contributed by atoms with van der Waals surface area (Å²) in [5.41, 5.74) is 0. The molecule has 12 heavy (non-hydrogen) atoms. The van der Waals surface area contributed by atoms with Gasteiger partial charge in [-0.3, -0.25) is 9.69 Å². The van der Waals surface area contributed by atoms with Crippen LogP contribution in [0.1, 0.15) is 20.3 Å². The summed E-state index contributed by atoms with van der Waals surface area (Å²) in [6.45, 7) is 5.15. The van der Waals surface area contributed by atoms with Crippen molar-refractivity contribution >= 4 is 5.97 Å². The molecule has 0 aromatic rings. The molecular weight excluding hydrogens is 158 g/mol. The van der Waals surface area contributed by atoms with E-state index in [1.807, 2.05) is 18.7 Å². The van der Waals surface area contributed by atoms with Gasteiger partial charge in [0.25, 0.3) is 0 Å². The van der Waals surface area contributed by atoms with E-state index in [1.54, 1.807) is 0 Å². The molecular formula is C8H17NO3. The van der Waals surface area contributed by atoms with Crippen molar-refractivity contribution in [3.63, 3.8) is 0 Å². The fourth-order valence-corrected chi connectivity index (χ4v) is 1.25. The maximum Gasteiger partial charge on any atom is 0.321 e. The van der Waals surface area contributed by atoms with Gasteiger partial charge in [0.2, 0.25) is 0 Å². The number of carbonyl (C=O) groups is 1. The number of likely N-dealkylation sites (N-methyl/N-ethyl adjacent to an activating group) is 1. The third-order valence-corrected chi connectivity index (χ3v) is 1.94. The number of carboxylic acid groups (broad SMARTS) is 1. The second-order valence-corrected chi connectivity index (χ2v) is 2.59. The summed E-state index contributed by atoms with van der Waals surface area (Å²) in [4.78, 5) is 12.5. The molecule has 0 aliphatic carbocycles. The van der Waals surface area contributed by atoms with Gasteiger partial charge in [-0.1, -0.05) is 13.8 Å². The number of nitrogens with zero attached hydrogens (tertiary/aromatic N) is 1. The zero-order chi connectivity index (χ0) is 9.56. The molecule has 0 bridgehead atoms. The van der Waals surface area contributed by atoms with E-state index in [2.05, 4.69) is 0 Å². The third-order valence-electron chi connectivity index (χ3n) is 1.94. The van der Waals surface area contributed by atoms with Crippen LogP contribution in [0, 0.1) is 0 Å². The maximum atomic E-state index is 10.7. The average molecular weight is 175 g/mol. The van der Waals surface area contributed by atoms with Crippen LogP contribution in [0.15, 0.2) is 0 Å². The Morgan fingerprint density at radius 2 is 1.92 bits per heavy atom. The molecule has 0 aromatic carbocycles. The lowest BCUT2D eigenvalue weighted by Gasteiger charge is -2.25. The Morgan fingerprint density at radius 1 is 1.42 bits per heavy atom. The highest BCUT2D eigenvalue weighted by molar-refractivity contribution is 5.73. The highest BCUT2D eigenvalue weighted by Crippen LogP contribution is 2.03. The first-order valence-corrected chi connectivity index (χ1v) is 4.25. The van der Waals surface area contributed by atoms with E-state index < -0.39 is 12.0 Å². The molecule has 0 amide bonds. The van der Waals surface area contributed by atoms with Crippen molar-refractivity contribution in [2.75, 3.05) is 19.7 Å². The van der Waals surface area contributed by atoms with Crippen LogP contribution in [-0.2, 0) is 4.79 Å². The minimum absolute atomic E-state index is 0.0759. The molecule has 1 unspecified atom stereocenters. The minimum atomic E-state index is -0.854. The van der Waals surface area contributed by atoms with Gasteiger partial charge in [-0.05, 0) is 19.5 Å². The Hall–Kier alpha value is -0.610. The monoisotopic (exact) mass is 175 g/mol. The molecule has 0 radical (unpaired) electrons. The number of aliphatic hydroxyl groups excluding tert-OH is 1. The van der Waals surface area contributed by atoms with Crippen molar-refractivity contribution in [3.8, 4) is 0 Å². The van der Waals surface area contributed by atoms with Crippen molar-refractivity contribution in [1.82, 2.24) is 4.90 Å². The molecule has 1 atom stereocenters. The molecule has 0 rings (SSSR count). The van der Waals surface area contributed by atoms with Crippen molar-refractivity contribution in [2.45, 2.75) is 26.3 Å². The molecule has 0 heterocycles. The standard InChI is InChI=1S/C8H17NO3/c1-3-9(4-2)7(5-6-10)8(11)12/h7,10H,3-6H2,1-2H3,(H,11,12). The van der Waals surface area contributed by atoms with Crippen LogP contribution in [0.5, 0.6) is 0 Å². The smallest absolute Gasteiger partial charge is 0.321 e. The predicted molar refractivity (Wildman–Crippen MR) is 46.0 cm³/mol. The number of aliphatic carboxylic acids is 1. The van der Waals surface area contributed by atoms with Crippen LogP contribution < -0.4 is 0 Å². The highest BCUT2D eigenvalue weighted by Gasteiger charge is 2.21. The molecule has 0 fully saturated rings. The Bertz CT molecular complexity index is 134. The van der Waals surface area contributed by atoms with E-state index in [9.17, 15) is 4.79 Å². The summed E-state index contributed by atoms with van der Waals surface area (Å²) in [7, 11) is 0. The van der Waals surface area contributed by atoms with Crippen LogP contribution in [0.25, 0.3) is 0 Å². The van der Waals surface area contributed by atoms with Gasteiger partial charge < -0.3 is 10.2 Å². The van der Waals surface area contributed by atoms with Crippen LogP contribution in [0.4, 0.5) is 0 Å². The zero-order valence-corrected chi connectivity index (χ0v) is 7.66. The van der Waals surface area contributed by atoms with Gasteiger partial charge in [0, 0.05) is 6.61 Å². The van der Waals surface area contributed by atoms with E-state index in [1.165, 1.54) is 0 Å². The first-order chi connectivity index (χ1) is 5.67. The fourth-order valence-electron chi connectivity index (χ4n) is 1.25. The largest absolute Gasteiger partial charge is 0.480 e. The van der Waals surface area contributed by atoms with Crippen LogP contribution in [0.3, 0.4) is 0 Å². The van der Waals surface area contributed by atoms with Gasteiger partial charge in [0.05, 0.1) is 0 Å². The van der Waals surface area contributed by atoms with Gasteiger partial charge in [-0.2, -0.15) is 0 Å². The molecule has 0 aliphatic heterocycles. The number of hydrogen-bond acceptors (Lipinski definition) is 3. The van der Waals surface area contributed by atoms with Gasteiger partial charge in [0.1, 0.15) is 6.04 Å². The van der Waals surface area contributed by atoms with E-state index >= 15 is 0 Å². The lowest BCUT2D eigenvalue weighted by molar-refractivity contribution is -0.143. The SMILES string of the molecule is CCN(CC)C(CCO)C(=O)O. The van der Waals surface area contributed by atoms with Gasteiger partial charge in [-0.15, -0.1) is 0 Å². The predicted octanol–water partition coefficient (Wildman–Crippen LogP) is 0.164. The summed E-state index contributed by atoms with van der Waals surface area (Å²) in [5, 5.41) is 17.4. The molecule has 4 heteroatoms. The molecule has 0 saturated carbocycles. The molecule has 0 saturated heterocycles. The third kappa shape index (κ3) is 3.19. The molecule has 2 N–H and O–H groups in total. The van der Waals surface area contributed by atoms with E-state index in [-0.39, 0.29) is 6.61 Å². The summed E-state index contributed by atoms with van der Waals surface area (Å²) < 4.78 is 0. The van der Waals surface area contributed by atoms with Crippen molar-refractivity contribution < 1.29 is 15.0 Å². The quantitative estimate of drug-likeness (QED) is 0.604. The van der Waals surface area contributed by atoms with Crippen molar-refractivity contribution in [1.29, 1.82) is 0 Å². The Morgan fingerprint density at radius 3 is 2.17 bits per heavy atom. The first-order valence-electron chi connectivity index (χ1n) is 4.25. The number of aliphatic hydroxyl groups is 1. The van der Waals surface area contributed by atoms with Crippen LogP contribution >= 0.6 is 0 Å². The van der Waals surface area contributed by atoms with Crippen LogP contribution in [0.2, 0.25) is 0 Å². The number of carboxylic acids is 1. The summed E-state index contributed by atoms with van der Waals surface area (Å²) in [5.74, 6) is -0.854. The Kier molecular flexibility index (Phi) is 5.66. The summed E-state index contributed by atoms with van der Waals surface area (Å²) in [6, 6.07) is -0.537. The maximum absolute atomic E-state index is 10.7. The van der Waals surface area contributed by atoms with E-state index in [0.29, 0.717) is 19.5 Å². The Labute approximate surface area is 72.8 Å². The average Bonchev–Trinajstić information content (AvgIpc) is 2.05.